The van der Waals surface area contributed by atoms with E-state index in [1.54, 1.807) is 18.2 Å². The predicted octanol–water partition coefficient (Wildman–Crippen LogP) is 4.21. The van der Waals surface area contributed by atoms with Crippen LogP contribution in [0.5, 0.6) is 0 Å². The van der Waals surface area contributed by atoms with Crippen molar-refractivity contribution < 1.29 is 13.2 Å². The molecular formula is C21H25N3O3S. The molecule has 2 N–H and O–H groups in total. The molecule has 3 rings (SSSR count). The molecule has 1 amide bonds. The molecule has 28 heavy (non-hydrogen) atoms. The smallest absolute Gasteiger partial charge is 0.286 e. The van der Waals surface area contributed by atoms with Gasteiger partial charge in [0.2, 0.25) is 5.91 Å². The van der Waals surface area contributed by atoms with Gasteiger partial charge in [-0.15, -0.1) is 4.40 Å². The summed E-state index contributed by atoms with van der Waals surface area (Å²) in [6.45, 7) is 5.92. The normalized spacial score (nSPS) is 15.2. The number of hydrogen-bond acceptors (Lipinski definition) is 4. The minimum atomic E-state index is -3.72. The van der Waals surface area contributed by atoms with Crippen LogP contribution in [0.25, 0.3) is 0 Å². The van der Waals surface area contributed by atoms with Gasteiger partial charge in [-0.1, -0.05) is 45.0 Å². The number of rotatable bonds is 6. The summed E-state index contributed by atoms with van der Waals surface area (Å²) in [5, 5.41) is 5.98. The Morgan fingerprint density at radius 3 is 2.46 bits per heavy atom. The first-order chi connectivity index (χ1) is 13.2. The second-order valence-electron chi connectivity index (χ2n) is 7.75. The van der Waals surface area contributed by atoms with Crippen molar-refractivity contribution in [1.82, 2.24) is 0 Å². The number of carbonyl (C=O) groups excluding carboxylic acids is 1. The third-order valence-corrected chi connectivity index (χ3v) is 5.98. The molecule has 1 aliphatic heterocycles. The number of nitrogens with zero attached hydrogens (tertiary/aromatic N) is 1. The number of para-hydroxylation sites is 1. The van der Waals surface area contributed by atoms with Crippen molar-refractivity contribution in [3.63, 3.8) is 0 Å². The van der Waals surface area contributed by atoms with Crippen LogP contribution in [0.4, 0.5) is 11.4 Å². The number of fused-ring (bicyclic) bond motifs is 1. The highest BCUT2D eigenvalue weighted by atomic mass is 32.2. The highest BCUT2D eigenvalue weighted by Crippen LogP contribution is 2.32. The maximum atomic E-state index is 12.5. The molecule has 0 saturated carbocycles. The van der Waals surface area contributed by atoms with E-state index in [1.165, 1.54) is 11.6 Å². The van der Waals surface area contributed by atoms with Crippen LogP contribution in [0.1, 0.15) is 39.2 Å². The Bertz CT molecular complexity index is 1010. The minimum Gasteiger partial charge on any atom is -0.342 e. The van der Waals surface area contributed by atoms with Gasteiger partial charge in [0.15, 0.2) is 0 Å². The molecule has 0 aromatic heterocycles. The Morgan fingerprint density at radius 1 is 1.11 bits per heavy atom. The molecule has 0 fully saturated rings. The maximum absolute atomic E-state index is 12.5. The zero-order valence-electron chi connectivity index (χ0n) is 16.3. The fourth-order valence-electron chi connectivity index (χ4n) is 3.22. The fraction of sp³-hybridized carbons (Fsp3) is 0.333. The van der Waals surface area contributed by atoms with Crippen molar-refractivity contribution in [2.24, 2.45) is 9.81 Å². The van der Waals surface area contributed by atoms with Gasteiger partial charge in [0.1, 0.15) is 10.7 Å². The van der Waals surface area contributed by atoms with E-state index in [2.05, 4.69) is 22.0 Å². The van der Waals surface area contributed by atoms with E-state index in [0.29, 0.717) is 17.9 Å². The summed E-state index contributed by atoms with van der Waals surface area (Å²) in [5.74, 6) is 0.234. The summed E-state index contributed by atoms with van der Waals surface area (Å²) in [5.41, 5.74) is 2.01. The highest BCUT2D eigenvalue weighted by Gasteiger charge is 2.30. The fourth-order valence-corrected chi connectivity index (χ4v) is 4.37. The first-order valence-corrected chi connectivity index (χ1v) is 10.7. The summed E-state index contributed by atoms with van der Waals surface area (Å²) in [6.07, 6.45) is 1.52. The zero-order valence-corrected chi connectivity index (χ0v) is 17.1. The summed E-state index contributed by atoms with van der Waals surface area (Å²) in [7, 11) is -3.72. The SMILES string of the molecule is CCc1ccc(NC(=O)CC(C)(C)CC2=NS(=O)(=O)c3ccccc3N2)cc1. The largest absolute Gasteiger partial charge is 0.342 e. The van der Waals surface area contributed by atoms with Crippen LogP contribution >= 0.6 is 0 Å². The van der Waals surface area contributed by atoms with Gasteiger partial charge in [-0.05, 0) is 41.7 Å². The number of amides is 1. The lowest BCUT2D eigenvalue weighted by Gasteiger charge is -2.27. The summed E-state index contributed by atoms with van der Waals surface area (Å²) in [4.78, 5) is 12.6. The average molecular weight is 400 g/mol. The monoisotopic (exact) mass is 399 g/mol. The zero-order chi connectivity index (χ0) is 20.4. The lowest BCUT2D eigenvalue weighted by atomic mass is 9.84. The molecule has 0 radical (unpaired) electrons. The van der Waals surface area contributed by atoms with E-state index in [0.717, 1.165) is 12.1 Å². The van der Waals surface area contributed by atoms with Crippen molar-refractivity contribution in [2.45, 2.75) is 44.9 Å². The molecule has 0 saturated heterocycles. The number of nitrogens with one attached hydrogen (secondary N) is 2. The molecule has 148 valence electrons. The molecule has 6 nitrogen and oxygen atoms in total. The number of benzene rings is 2. The standard InChI is InChI=1S/C21H25N3O3S/c1-4-15-9-11-16(12-10-15)22-20(25)14-21(2,3)13-19-23-17-7-5-6-8-18(17)28(26,27)24-19/h5-12H,4,13-14H2,1-3H3,(H,22,25)(H,23,24). The van der Waals surface area contributed by atoms with Gasteiger partial charge < -0.3 is 10.6 Å². The van der Waals surface area contributed by atoms with E-state index in [9.17, 15) is 13.2 Å². The number of aryl methyl sites for hydroxylation is 1. The molecule has 0 aliphatic carbocycles. The maximum Gasteiger partial charge on any atom is 0.286 e. The van der Waals surface area contributed by atoms with Gasteiger partial charge in [-0.2, -0.15) is 8.42 Å². The lowest BCUT2D eigenvalue weighted by Crippen LogP contribution is -2.30. The topological polar surface area (TPSA) is 87.6 Å². The number of amidine groups is 1. The van der Waals surface area contributed by atoms with Crippen molar-refractivity contribution in [1.29, 1.82) is 0 Å². The summed E-state index contributed by atoms with van der Waals surface area (Å²) >= 11 is 0. The molecule has 1 aliphatic rings. The Kier molecular flexibility index (Phi) is 5.56. The Labute approximate surface area is 166 Å². The van der Waals surface area contributed by atoms with Crippen LogP contribution in [-0.4, -0.2) is 20.2 Å². The number of sulfonamides is 1. The number of carbonyl (C=O) groups is 1. The molecule has 0 spiro atoms. The van der Waals surface area contributed by atoms with E-state index in [4.69, 9.17) is 0 Å². The number of hydrogen-bond donors (Lipinski definition) is 2. The summed E-state index contributed by atoms with van der Waals surface area (Å²) in [6, 6.07) is 14.4. The van der Waals surface area contributed by atoms with Gasteiger partial charge in [0.05, 0.1) is 5.69 Å². The minimum absolute atomic E-state index is 0.117. The lowest BCUT2D eigenvalue weighted by molar-refractivity contribution is -0.117. The van der Waals surface area contributed by atoms with Crippen LogP contribution < -0.4 is 10.6 Å². The van der Waals surface area contributed by atoms with Crippen molar-refractivity contribution in [2.75, 3.05) is 10.6 Å². The molecule has 0 unspecified atom stereocenters. The van der Waals surface area contributed by atoms with Crippen LogP contribution in [0.2, 0.25) is 0 Å². The molecule has 2 aromatic rings. The second kappa shape index (κ2) is 7.75. The van der Waals surface area contributed by atoms with Gasteiger partial charge in [0, 0.05) is 18.5 Å². The van der Waals surface area contributed by atoms with Gasteiger partial charge in [0.25, 0.3) is 10.0 Å². The molecule has 2 aromatic carbocycles. The average Bonchev–Trinajstić information content (AvgIpc) is 2.60. The van der Waals surface area contributed by atoms with Crippen molar-refractivity contribution in [3.05, 3.63) is 54.1 Å². The molecule has 0 bridgehead atoms. The van der Waals surface area contributed by atoms with E-state index in [-0.39, 0.29) is 17.2 Å². The Hall–Kier alpha value is -2.67. The van der Waals surface area contributed by atoms with E-state index < -0.39 is 15.4 Å². The van der Waals surface area contributed by atoms with Crippen molar-refractivity contribution in [3.8, 4) is 0 Å². The highest BCUT2D eigenvalue weighted by molar-refractivity contribution is 7.90. The molecule has 7 heteroatoms. The van der Waals surface area contributed by atoms with Crippen LogP contribution in [0.15, 0.2) is 57.8 Å². The van der Waals surface area contributed by atoms with Crippen LogP contribution in [0, 0.1) is 5.41 Å². The molecule has 1 heterocycles. The second-order valence-corrected chi connectivity index (χ2v) is 9.32. The predicted molar refractivity (Wildman–Crippen MR) is 112 cm³/mol. The molecule has 0 atom stereocenters. The Balaban J connectivity index is 1.66. The van der Waals surface area contributed by atoms with Crippen LogP contribution in [-0.2, 0) is 21.2 Å². The third kappa shape index (κ3) is 4.78. The quantitative estimate of drug-likeness (QED) is 0.762. The van der Waals surface area contributed by atoms with E-state index >= 15 is 0 Å². The third-order valence-electron chi connectivity index (χ3n) is 4.61. The molecular weight excluding hydrogens is 374 g/mol. The van der Waals surface area contributed by atoms with Gasteiger partial charge in [-0.3, -0.25) is 4.79 Å². The van der Waals surface area contributed by atoms with Gasteiger partial charge >= 0.3 is 0 Å². The summed E-state index contributed by atoms with van der Waals surface area (Å²) < 4.78 is 28.7. The first kappa shape index (κ1) is 20.1. The van der Waals surface area contributed by atoms with Crippen LogP contribution in [0.3, 0.4) is 0 Å². The van der Waals surface area contributed by atoms with E-state index in [1.807, 2.05) is 38.1 Å². The number of anilines is 2. The van der Waals surface area contributed by atoms with Gasteiger partial charge in [-0.25, -0.2) is 0 Å². The Morgan fingerprint density at radius 2 is 1.79 bits per heavy atom. The van der Waals surface area contributed by atoms with Crippen molar-refractivity contribution >= 4 is 33.1 Å². The first-order valence-electron chi connectivity index (χ1n) is 9.27.